The van der Waals surface area contributed by atoms with E-state index in [-0.39, 0.29) is 5.91 Å². The van der Waals surface area contributed by atoms with Gasteiger partial charge >= 0.3 is 0 Å². The molecule has 1 aromatic heterocycles. The lowest BCUT2D eigenvalue weighted by Crippen LogP contribution is -2.14. The van der Waals surface area contributed by atoms with Crippen LogP contribution < -0.4 is 9.54 Å². The number of rotatable bonds is 4. The van der Waals surface area contributed by atoms with E-state index in [2.05, 4.69) is 48.3 Å². The van der Waals surface area contributed by atoms with Crippen LogP contribution in [0.25, 0.3) is 21.7 Å². The smallest absolute Gasteiger partial charge is 0.279 e. The van der Waals surface area contributed by atoms with E-state index < -0.39 is 0 Å². The van der Waals surface area contributed by atoms with E-state index in [0.717, 1.165) is 21.7 Å². The zero-order valence-electron chi connectivity index (χ0n) is 17.1. The van der Waals surface area contributed by atoms with E-state index in [1.54, 1.807) is 25.3 Å². The van der Waals surface area contributed by atoms with Crippen LogP contribution in [0.2, 0.25) is 0 Å². The van der Waals surface area contributed by atoms with Crippen molar-refractivity contribution in [3.8, 4) is 27.4 Å². The first kappa shape index (κ1) is 19.9. The molecule has 0 N–H and O–H groups in total. The van der Waals surface area contributed by atoms with Crippen molar-refractivity contribution in [2.45, 2.75) is 6.92 Å². The molecule has 4 rings (SSSR count). The number of amides is 1. The summed E-state index contributed by atoms with van der Waals surface area (Å²) in [6, 6.07) is 25.7. The van der Waals surface area contributed by atoms with Crippen LogP contribution in [0.3, 0.4) is 0 Å². The molecule has 0 saturated carbocycles. The van der Waals surface area contributed by atoms with Gasteiger partial charge in [-0.15, -0.1) is 0 Å². The Labute approximate surface area is 179 Å². The molecule has 0 atom stereocenters. The van der Waals surface area contributed by atoms with E-state index in [9.17, 15) is 4.79 Å². The van der Waals surface area contributed by atoms with Crippen LogP contribution in [0.1, 0.15) is 15.9 Å². The predicted molar refractivity (Wildman–Crippen MR) is 122 cm³/mol. The molecule has 0 spiro atoms. The minimum Gasteiger partial charge on any atom is -0.497 e. The van der Waals surface area contributed by atoms with Gasteiger partial charge in [0.2, 0.25) is 0 Å². The molecule has 1 heterocycles. The quantitative estimate of drug-likeness (QED) is 0.444. The Kier molecular flexibility index (Phi) is 5.63. The first-order valence-electron chi connectivity index (χ1n) is 9.62. The Morgan fingerprint density at radius 2 is 1.67 bits per heavy atom. The Bertz CT molecular complexity index is 1250. The van der Waals surface area contributed by atoms with Crippen molar-refractivity contribution in [1.29, 1.82) is 0 Å². The van der Waals surface area contributed by atoms with Gasteiger partial charge in [-0.25, -0.2) is 0 Å². The molecule has 0 saturated heterocycles. The van der Waals surface area contributed by atoms with Crippen molar-refractivity contribution >= 4 is 17.2 Å². The summed E-state index contributed by atoms with van der Waals surface area (Å²) >= 11 is 1.52. The van der Waals surface area contributed by atoms with E-state index in [4.69, 9.17) is 4.74 Å². The monoisotopic (exact) mass is 414 g/mol. The number of nitrogens with zero attached hydrogens (tertiary/aromatic N) is 2. The number of aryl methyl sites for hydroxylation is 1. The third-order valence-electron chi connectivity index (χ3n) is 4.91. The number of hydrogen-bond acceptors (Lipinski definition) is 3. The lowest BCUT2D eigenvalue weighted by atomic mass is 10.1. The van der Waals surface area contributed by atoms with Gasteiger partial charge in [-0.05, 0) is 36.2 Å². The number of methoxy groups -OCH3 is 1. The maximum Gasteiger partial charge on any atom is 0.279 e. The number of ether oxygens (including phenoxy) is 1. The van der Waals surface area contributed by atoms with Gasteiger partial charge < -0.3 is 9.30 Å². The van der Waals surface area contributed by atoms with Crippen LogP contribution in [0, 0.1) is 6.92 Å². The van der Waals surface area contributed by atoms with Gasteiger partial charge in [-0.1, -0.05) is 77.6 Å². The highest BCUT2D eigenvalue weighted by Gasteiger charge is 2.16. The molecule has 5 heteroatoms. The fourth-order valence-corrected chi connectivity index (χ4v) is 4.43. The summed E-state index contributed by atoms with van der Waals surface area (Å²) in [7, 11) is 3.54. The Balaban J connectivity index is 1.88. The van der Waals surface area contributed by atoms with Crippen LogP contribution in [-0.4, -0.2) is 17.6 Å². The number of benzene rings is 3. The zero-order valence-corrected chi connectivity index (χ0v) is 17.9. The summed E-state index contributed by atoms with van der Waals surface area (Å²) in [6.45, 7) is 2.07. The van der Waals surface area contributed by atoms with Gasteiger partial charge in [0.05, 0.1) is 17.7 Å². The third kappa shape index (κ3) is 3.98. The Hall–Kier alpha value is -3.44. The standard InChI is InChI=1S/C25H22N2O2S/c1-17-12-14-18(15-13-17)22-23(19-8-5-4-6-9-19)30-25(27(22)2)26-24(28)20-10-7-11-21(16-20)29-3/h4-16H,1-3H3. The Morgan fingerprint density at radius 1 is 0.933 bits per heavy atom. The summed E-state index contributed by atoms with van der Waals surface area (Å²) in [5.41, 5.74) is 4.94. The lowest BCUT2D eigenvalue weighted by Gasteiger charge is -2.08. The van der Waals surface area contributed by atoms with Crippen LogP contribution in [0.5, 0.6) is 5.75 Å². The highest BCUT2D eigenvalue weighted by atomic mass is 32.1. The van der Waals surface area contributed by atoms with Gasteiger partial charge in [-0.3, -0.25) is 4.79 Å². The summed E-state index contributed by atoms with van der Waals surface area (Å²) in [4.78, 5) is 19.0. The summed E-state index contributed by atoms with van der Waals surface area (Å²) in [5.74, 6) is 0.345. The second kappa shape index (κ2) is 8.51. The number of carbonyl (C=O) groups excluding carboxylic acids is 1. The maximum absolute atomic E-state index is 12.8. The summed E-state index contributed by atoms with van der Waals surface area (Å²) < 4.78 is 7.23. The van der Waals surface area contributed by atoms with E-state index in [1.807, 2.05) is 35.9 Å². The molecular formula is C25H22N2O2S. The van der Waals surface area contributed by atoms with Gasteiger partial charge in [-0.2, -0.15) is 4.99 Å². The van der Waals surface area contributed by atoms with Crippen LogP contribution in [0.4, 0.5) is 0 Å². The molecule has 0 bridgehead atoms. The molecule has 1 amide bonds. The molecule has 0 unspecified atom stereocenters. The molecule has 0 radical (unpaired) electrons. The molecule has 3 aromatic carbocycles. The number of carbonyl (C=O) groups is 1. The first-order chi connectivity index (χ1) is 14.6. The first-order valence-corrected chi connectivity index (χ1v) is 10.4. The molecule has 0 fully saturated rings. The average molecular weight is 415 g/mol. The maximum atomic E-state index is 12.8. The Morgan fingerprint density at radius 3 is 2.37 bits per heavy atom. The van der Waals surface area contributed by atoms with Gasteiger partial charge in [0.1, 0.15) is 5.75 Å². The highest BCUT2D eigenvalue weighted by Crippen LogP contribution is 2.34. The molecule has 30 heavy (non-hydrogen) atoms. The molecule has 150 valence electrons. The van der Waals surface area contributed by atoms with E-state index in [1.165, 1.54) is 16.9 Å². The molecule has 4 nitrogen and oxygen atoms in total. The fraction of sp³-hybridized carbons (Fsp3) is 0.120. The molecule has 0 aliphatic heterocycles. The van der Waals surface area contributed by atoms with Gasteiger partial charge in [0.15, 0.2) is 4.80 Å². The molecule has 0 aliphatic rings. The summed E-state index contributed by atoms with van der Waals surface area (Å²) in [6.07, 6.45) is 0. The number of aromatic nitrogens is 1. The average Bonchev–Trinajstić information content (AvgIpc) is 3.11. The van der Waals surface area contributed by atoms with Gasteiger partial charge in [0, 0.05) is 12.6 Å². The third-order valence-corrected chi connectivity index (χ3v) is 6.09. The highest BCUT2D eigenvalue weighted by molar-refractivity contribution is 7.13. The van der Waals surface area contributed by atoms with Crippen molar-refractivity contribution < 1.29 is 9.53 Å². The molecule has 4 aromatic rings. The number of thiazole rings is 1. The largest absolute Gasteiger partial charge is 0.497 e. The van der Waals surface area contributed by atoms with E-state index >= 15 is 0 Å². The minimum absolute atomic E-state index is 0.291. The van der Waals surface area contributed by atoms with Crippen LogP contribution >= 0.6 is 11.3 Å². The van der Waals surface area contributed by atoms with E-state index in [0.29, 0.717) is 16.1 Å². The number of hydrogen-bond donors (Lipinski definition) is 0. The second-order valence-electron chi connectivity index (χ2n) is 7.00. The molecule has 0 aliphatic carbocycles. The molecular weight excluding hydrogens is 392 g/mol. The topological polar surface area (TPSA) is 43.6 Å². The van der Waals surface area contributed by atoms with Crippen LogP contribution in [0.15, 0.2) is 83.9 Å². The normalized spacial score (nSPS) is 11.5. The fourth-order valence-electron chi connectivity index (χ4n) is 3.28. The lowest BCUT2D eigenvalue weighted by molar-refractivity contribution is 0.0997. The SMILES string of the molecule is COc1cccc(C(=O)N=c2sc(-c3ccccc3)c(-c3ccc(C)cc3)n2C)c1. The van der Waals surface area contributed by atoms with Crippen molar-refractivity contribution in [3.63, 3.8) is 0 Å². The van der Waals surface area contributed by atoms with Crippen LogP contribution in [-0.2, 0) is 7.05 Å². The van der Waals surface area contributed by atoms with Gasteiger partial charge in [0.25, 0.3) is 5.91 Å². The minimum atomic E-state index is -0.291. The second-order valence-corrected chi connectivity index (χ2v) is 7.98. The van der Waals surface area contributed by atoms with Crippen molar-refractivity contribution in [3.05, 3.63) is 94.8 Å². The summed E-state index contributed by atoms with van der Waals surface area (Å²) in [5, 5.41) is 0. The van der Waals surface area contributed by atoms with Crippen molar-refractivity contribution in [2.75, 3.05) is 7.11 Å². The van der Waals surface area contributed by atoms with Crippen molar-refractivity contribution in [2.24, 2.45) is 12.0 Å². The van der Waals surface area contributed by atoms with Crippen molar-refractivity contribution in [1.82, 2.24) is 4.57 Å². The zero-order chi connectivity index (χ0) is 21.1. The predicted octanol–water partition coefficient (Wildman–Crippen LogP) is 5.48.